The molecule has 1 aliphatic rings. The maximum Gasteiger partial charge on any atom is 0.369 e. The summed E-state index contributed by atoms with van der Waals surface area (Å²) in [6, 6.07) is 11.3. The minimum atomic E-state index is -0.932. The molecule has 3 aromatic rings. The first kappa shape index (κ1) is 15.7. The minimum absolute atomic E-state index is 0.000237. The third kappa shape index (κ3) is 2.35. The average molecular weight is 349 g/mol. The highest BCUT2D eigenvalue weighted by Crippen LogP contribution is 2.27. The van der Waals surface area contributed by atoms with Crippen LogP contribution < -0.4 is 0 Å². The van der Waals surface area contributed by atoms with E-state index in [9.17, 15) is 14.4 Å². The second kappa shape index (κ2) is 5.92. The van der Waals surface area contributed by atoms with Crippen molar-refractivity contribution in [3.05, 3.63) is 71.1 Å². The molecule has 26 heavy (non-hydrogen) atoms. The van der Waals surface area contributed by atoms with Gasteiger partial charge in [0.1, 0.15) is 17.0 Å². The number of carbonyl (C=O) groups excluding carboxylic acids is 3. The first-order valence-corrected chi connectivity index (χ1v) is 7.65. The molecule has 0 aliphatic carbocycles. The molecule has 0 radical (unpaired) electrons. The number of hydroxylamine groups is 2. The van der Waals surface area contributed by atoms with Crippen LogP contribution in [0.5, 0.6) is 0 Å². The molecule has 0 spiro atoms. The highest BCUT2D eigenvalue weighted by molar-refractivity contribution is 6.21. The van der Waals surface area contributed by atoms with Gasteiger partial charge in [-0.1, -0.05) is 28.4 Å². The summed E-state index contributed by atoms with van der Waals surface area (Å²) < 4.78 is 5.07. The van der Waals surface area contributed by atoms with Crippen LogP contribution in [0.15, 0.2) is 53.2 Å². The van der Waals surface area contributed by atoms with Gasteiger partial charge in [-0.3, -0.25) is 14.6 Å². The Bertz CT molecular complexity index is 1010. The predicted octanol–water partition coefficient (Wildman–Crippen LogP) is 2.41. The first-order valence-electron chi connectivity index (χ1n) is 7.65. The maximum atomic E-state index is 12.6. The van der Waals surface area contributed by atoms with Gasteiger partial charge in [-0.15, -0.1) is 0 Å². The number of fused-ring (bicyclic) bond motifs is 1. The monoisotopic (exact) mass is 349 g/mol. The Morgan fingerprint density at radius 3 is 2.31 bits per heavy atom. The van der Waals surface area contributed by atoms with Crippen molar-refractivity contribution in [3.63, 3.8) is 0 Å². The molecule has 4 rings (SSSR count). The number of amides is 2. The molecule has 0 fully saturated rings. The molecule has 0 bridgehead atoms. The fourth-order valence-corrected chi connectivity index (χ4v) is 2.67. The van der Waals surface area contributed by atoms with E-state index in [0.717, 1.165) is 0 Å². The molecule has 2 amide bonds. The lowest BCUT2D eigenvalue weighted by atomic mass is 10.1. The van der Waals surface area contributed by atoms with E-state index >= 15 is 0 Å². The molecule has 1 aliphatic heterocycles. The minimum Gasteiger partial charge on any atom is -0.360 e. The number of hydrogen-bond donors (Lipinski definition) is 0. The van der Waals surface area contributed by atoms with Gasteiger partial charge in [-0.05, 0) is 31.2 Å². The van der Waals surface area contributed by atoms with Crippen molar-refractivity contribution in [2.75, 3.05) is 0 Å². The van der Waals surface area contributed by atoms with Crippen LogP contribution in [0, 0.1) is 6.92 Å². The van der Waals surface area contributed by atoms with Crippen molar-refractivity contribution >= 4 is 17.8 Å². The summed E-state index contributed by atoms with van der Waals surface area (Å²) in [5, 5.41) is 4.28. The molecule has 128 valence electrons. The van der Waals surface area contributed by atoms with Gasteiger partial charge in [-0.2, -0.15) is 0 Å². The zero-order valence-corrected chi connectivity index (χ0v) is 13.5. The second-order valence-corrected chi connectivity index (χ2v) is 5.51. The van der Waals surface area contributed by atoms with Gasteiger partial charge < -0.3 is 9.36 Å². The Kier molecular flexibility index (Phi) is 3.58. The Balaban J connectivity index is 1.66. The fourth-order valence-electron chi connectivity index (χ4n) is 2.67. The van der Waals surface area contributed by atoms with E-state index in [0.29, 0.717) is 10.8 Å². The van der Waals surface area contributed by atoms with E-state index in [1.807, 2.05) is 0 Å². The van der Waals surface area contributed by atoms with Crippen molar-refractivity contribution in [1.82, 2.24) is 15.2 Å². The maximum absolute atomic E-state index is 12.6. The third-order valence-electron chi connectivity index (χ3n) is 3.91. The van der Waals surface area contributed by atoms with Gasteiger partial charge in [0.15, 0.2) is 0 Å². The van der Waals surface area contributed by atoms with Crippen LogP contribution in [0.3, 0.4) is 0 Å². The van der Waals surface area contributed by atoms with Crippen molar-refractivity contribution in [1.29, 1.82) is 0 Å². The van der Waals surface area contributed by atoms with Crippen LogP contribution in [0.2, 0.25) is 0 Å². The molecule has 0 saturated carbocycles. The lowest BCUT2D eigenvalue weighted by Gasteiger charge is -2.12. The fraction of sp³-hybridized carbons (Fsp3) is 0.0556. The number of nitrogens with zero attached hydrogens (tertiary/aromatic N) is 3. The molecular weight excluding hydrogens is 338 g/mol. The van der Waals surface area contributed by atoms with E-state index in [1.54, 1.807) is 36.5 Å². The topological polar surface area (TPSA) is 103 Å². The van der Waals surface area contributed by atoms with Gasteiger partial charge in [-0.25, -0.2) is 4.79 Å². The van der Waals surface area contributed by atoms with Gasteiger partial charge in [0, 0.05) is 6.20 Å². The molecule has 1 aromatic carbocycles. The van der Waals surface area contributed by atoms with Crippen LogP contribution in [0.1, 0.15) is 36.8 Å². The number of aryl methyl sites for hydroxylation is 1. The van der Waals surface area contributed by atoms with Crippen molar-refractivity contribution in [2.24, 2.45) is 0 Å². The van der Waals surface area contributed by atoms with Crippen molar-refractivity contribution in [3.8, 4) is 11.4 Å². The quantitative estimate of drug-likeness (QED) is 0.669. The lowest BCUT2D eigenvalue weighted by Crippen LogP contribution is -2.32. The van der Waals surface area contributed by atoms with Crippen LogP contribution in [0.4, 0.5) is 0 Å². The normalized spacial score (nSPS) is 13.0. The zero-order chi connectivity index (χ0) is 18.3. The number of hydrogen-bond acceptors (Lipinski definition) is 7. The highest BCUT2D eigenvalue weighted by atomic mass is 16.7. The zero-order valence-electron chi connectivity index (χ0n) is 13.5. The van der Waals surface area contributed by atoms with Crippen LogP contribution >= 0.6 is 0 Å². The average Bonchev–Trinajstić information content (AvgIpc) is 3.16. The molecular formula is C18H11N3O5. The van der Waals surface area contributed by atoms with Crippen LogP contribution in [-0.2, 0) is 4.84 Å². The van der Waals surface area contributed by atoms with Gasteiger partial charge >= 0.3 is 5.97 Å². The van der Waals surface area contributed by atoms with Gasteiger partial charge in [0.25, 0.3) is 11.8 Å². The molecule has 8 nitrogen and oxygen atoms in total. The van der Waals surface area contributed by atoms with Crippen molar-refractivity contribution < 1.29 is 23.7 Å². The summed E-state index contributed by atoms with van der Waals surface area (Å²) in [5.74, 6) is -2.15. The molecule has 0 unspecified atom stereocenters. The number of benzene rings is 1. The smallest absolute Gasteiger partial charge is 0.360 e. The van der Waals surface area contributed by atoms with Crippen LogP contribution in [-0.4, -0.2) is 33.0 Å². The SMILES string of the molecule is Cc1onc(-c2ccccn2)c1C(=O)ON1C(=O)c2ccccc2C1=O. The van der Waals surface area contributed by atoms with E-state index in [1.165, 1.54) is 19.1 Å². The Morgan fingerprint density at radius 1 is 1.04 bits per heavy atom. The largest absolute Gasteiger partial charge is 0.369 e. The van der Waals surface area contributed by atoms with Crippen LogP contribution in [0.25, 0.3) is 11.4 Å². The molecule has 2 aromatic heterocycles. The number of imide groups is 1. The number of carbonyl (C=O) groups is 3. The summed E-state index contributed by atoms with van der Waals surface area (Å²) in [6.45, 7) is 1.53. The lowest BCUT2D eigenvalue weighted by molar-refractivity contribution is -0.0585. The number of rotatable bonds is 3. The Labute approximate surface area is 146 Å². The Morgan fingerprint density at radius 2 is 1.69 bits per heavy atom. The molecule has 0 N–H and O–H groups in total. The summed E-state index contributed by atoms with van der Waals surface area (Å²) in [7, 11) is 0. The molecule has 0 saturated heterocycles. The van der Waals surface area contributed by atoms with Gasteiger partial charge in [0.05, 0.1) is 16.8 Å². The molecule has 0 atom stereocenters. The number of aromatic nitrogens is 2. The second-order valence-electron chi connectivity index (χ2n) is 5.51. The van der Waals surface area contributed by atoms with E-state index < -0.39 is 17.8 Å². The standard InChI is InChI=1S/C18H11N3O5/c1-10-14(15(20-25-10)13-8-4-5-9-19-13)18(24)26-21-16(22)11-6-2-3-7-12(11)17(21)23/h2-9H,1H3. The summed E-state index contributed by atoms with van der Waals surface area (Å²) >= 11 is 0. The van der Waals surface area contributed by atoms with E-state index in [4.69, 9.17) is 9.36 Å². The summed E-state index contributed by atoms with van der Waals surface area (Å²) in [4.78, 5) is 46.5. The third-order valence-corrected chi connectivity index (χ3v) is 3.91. The van der Waals surface area contributed by atoms with Crippen molar-refractivity contribution in [2.45, 2.75) is 6.92 Å². The Hall–Kier alpha value is -3.81. The highest BCUT2D eigenvalue weighted by Gasteiger charge is 2.39. The summed E-state index contributed by atoms with van der Waals surface area (Å²) in [6.07, 6.45) is 1.54. The van der Waals surface area contributed by atoms with E-state index in [2.05, 4.69) is 10.1 Å². The predicted molar refractivity (Wildman–Crippen MR) is 86.8 cm³/mol. The molecule has 3 heterocycles. The van der Waals surface area contributed by atoms with E-state index in [-0.39, 0.29) is 28.1 Å². The first-order chi connectivity index (χ1) is 12.6. The van der Waals surface area contributed by atoms with Gasteiger partial charge in [0.2, 0.25) is 0 Å². The number of pyridine rings is 1. The summed E-state index contributed by atoms with van der Waals surface area (Å²) in [5.41, 5.74) is 0.929. The molecule has 8 heteroatoms.